The molecule has 0 aliphatic rings. The van der Waals surface area contributed by atoms with E-state index in [4.69, 9.17) is 4.74 Å². The van der Waals surface area contributed by atoms with Crippen molar-refractivity contribution >= 4 is 39.2 Å². The molecular weight excluding hydrogens is 340 g/mol. The fourth-order valence-corrected chi connectivity index (χ4v) is 3.52. The molecule has 2 aromatic rings. The van der Waals surface area contributed by atoms with Crippen molar-refractivity contribution in [2.45, 2.75) is 53.1 Å². The lowest BCUT2D eigenvalue weighted by molar-refractivity contribution is -0.122. The van der Waals surface area contributed by atoms with E-state index in [1.165, 1.54) is 18.4 Å². The zero-order valence-electron chi connectivity index (χ0n) is 15.4. The number of carbonyl (C=O) groups is 2. The Morgan fingerprint density at radius 3 is 2.52 bits per heavy atom. The van der Waals surface area contributed by atoms with Crippen LogP contribution in [0.5, 0.6) is 0 Å². The third-order valence-electron chi connectivity index (χ3n) is 4.02. The smallest absolute Gasteiger partial charge is 0.348 e. The zero-order valence-corrected chi connectivity index (χ0v) is 16.2. The number of rotatable bonds is 6. The predicted octanol–water partition coefficient (Wildman–Crippen LogP) is 2.81. The highest BCUT2D eigenvalue weighted by Crippen LogP contribution is 2.34. The number of nitrogens with zero attached hydrogens (tertiary/aromatic N) is 2. The molecule has 2 N–H and O–H groups in total. The largest absolute Gasteiger partial charge is 0.465 e. The van der Waals surface area contributed by atoms with Crippen molar-refractivity contribution in [2.24, 2.45) is 0 Å². The minimum absolute atomic E-state index is 0.0974. The van der Waals surface area contributed by atoms with E-state index in [2.05, 4.69) is 20.6 Å². The topological polar surface area (TPSA) is 93.2 Å². The molecule has 0 aromatic carbocycles. The van der Waals surface area contributed by atoms with Crippen molar-refractivity contribution in [1.29, 1.82) is 0 Å². The lowest BCUT2D eigenvalue weighted by Gasteiger charge is -2.18. The average molecular weight is 364 g/mol. The highest BCUT2D eigenvalue weighted by atomic mass is 32.1. The van der Waals surface area contributed by atoms with Gasteiger partial charge in [0.25, 0.3) is 0 Å². The SMILES string of the molecule is CCC(C)NC(=O)C(C)Nc1nc(C)nc2sc(C(=O)OC)c(C)c12. The van der Waals surface area contributed by atoms with Crippen LogP contribution in [0.4, 0.5) is 5.82 Å². The number of fused-ring (bicyclic) bond motifs is 1. The number of methoxy groups -OCH3 is 1. The maximum Gasteiger partial charge on any atom is 0.348 e. The van der Waals surface area contributed by atoms with E-state index in [-0.39, 0.29) is 11.9 Å². The van der Waals surface area contributed by atoms with Crippen LogP contribution < -0.4 is 10.6 Å². The molecule has 0 fully saturated rings. The number of ether oxygens (including phenoxy) is 1. The van der Waals surface area contributed by atoms with Crippen LogP contribution in [0.1, 0.15) is 48.3 Å². The Morgan fingerprint density at radius 1 is 1.24 bits per heavy atom. The van der Waals surface area contributed by atoms with Gasteiger partial charge in [0.15, 0.2) is 0 Å². The molecule has 7 nitrogen and oxygen atoms in total. The van der Waals surface area contributed by atoms with E-state index >= 15 is 0 Å². The van der Waals surface area contributed by atoms with Crippen LogP contribution in [-0.4, -0.2) is 41.0 Å². The van der Waals surface area contributed by atoms with Gasteiger partial charge in [-0.05, 0) is 39.7 Å². The number of hydrogen-bond acceptors (Lipinski definition) is 7. The maximum absolute atomic E-state index is 12.3. The molecule has 0 bridgehead atoms. The summed E-state index contributed by atoms with van der Waals surface area (Å²) in [6.07, 6.45) is 0.863. The van der Waals surface area contributed by atoms with Crippen molar-refractivity contribution in [1.82, 2.24) is 15.3 Å². The summed E-state index contributed by atoms with van der Waals surface area (Å²) in [6.45, 7) is 9.37. The van der Waals surface area contributed by atoms with Crippen molar-refractivity contribution in [3.8, 4) is 0 Å². The second-order valence-corrected chi connectivity index (χ2v) is 7.03. The summed E-state index contributed by atoms with van der Waals surface area (Å²) < 4.78 is 4.83. The second-order valence-electron chi connectivity index (χ2n) is 6.03. The molecule has 0 saturated carbocycles. The van der Waals surface area contributed by atoms with E-state index in [1.807, 2.05) is 20.8 Å². The van der Waals surface area contributed by atoms with Gasteiger partial charge in [-0.15, -0.1) is 11.3 Å². The summed E-state index contributed by atoms with van der Waals surface area (Å²) in [6, 6.07) is -0.356. The maximum atomic E-state index is 12.3. The minimum atomic E-state index is -0.465. The van der Waals surface area contributed by atoms with Crippen LogP contribution in [-0.2, 0) is 9.53 Å². The highest BCUT2D eigenvalue weighted by molar-refractivity contribution is 7.20. The normalized spacial score (nSPS) is 13.4. The number of hydrogen-bond donors (Lipinski definition) is 2. The number of carbonyl (C=O) groups excluding carboxylic acids is 2. The van der Waals surface area contributed by atoms with Crippen LogP contribution in [0.25, 0.3) is 10.2 Å². The molecule has 0 saturated heterocycles. The summed E-state index contributed by atoms with van der Waals surface area (Å²) in [4.78, 5) is 34.3. The Bertz CT molecular complexity index is 803. The van der Waals surface area contributed by atoms with Gasteiger partial charge in [0.1, 0.15) is 27.4 Å². The summed E-state index contributed by atoms with van der Waals surface area (Å²) in [7, 11) is 1.35. The fraction of sp³-hybridized carbons (Fsp3) is 0.529. The first kappa shape index (κ1) is 19.1. The molecule has 136 valence electrons. The molecule has 2 rings (SSSR count). The molecule has 2 atom stereocenters. The van der Waals surface area contributed by atoms with Crippen molar-refractivity contribution in [3.63, 3.8) is 0 Å². The van der Waals surface area contributed by atoms with E-state index in [0.717, 1.165) is 17.4 Å². The number of esters is 1. The van der Waals surface area contributed by atoms with Crippen LogP contribution >= 0.6 is 11.3 Å². The first-order valence-electron chi connectivity index (χ1n) is 8.21. The summed E-state index contributed by atoms with van der Waals surface area (Å²) >= 11 is 1.27. The Kier molecular flexibility index (Phi) is 5.94. The number of anilines is 1. The van der Waals surface area contributed by atoms with E-state index in [0.29, 0.717) is 21.3 Å². The van der Waals surface area contributed by atoms with Crippen molar-refractivity contribution in [3.05, 3.63) is 16.3 Å². The molecule has 2 aromatic heterocycles. The van der Waals surface area contributed by atoms with Gasteiger partial charge in [-0.3, -0.25) is 4.79 Å². The zero-order chi connectivity index (χ0) is 18.7. The molecule has 25 heavy (non-hydrogen) atoms. The Morgan fingerprint density at radius 2 is 1.92 bits per heavy atom. The minimum Gasteiger partial charge on any atom is -0.465 e. The van der Waals surface area contributed by atoms with Gasteiger partial charge in [-0.1, -0.05) is 6.92 Å². The Labute approximate surface area is 151 Å². The van der Waals surface area contributed by atoms with Gasteiger partial charge in [0, 0.05) is 6.04 Å². The summed E-state index contributed by atoms with van der Waals surface area (Å²) in [5, 5.41) is 6.85. The quantitative estimate of drug-likeness (QED) is 0.766. The molecule has 2 unspecified atom stereocenters. The Balaban J connectivity index is 2.39. The molecule has 0 spiro atoms. The highest BCUT2D eigenvalue weighted by Gasteiger charge is 2.22. The lowest BCUT2D eigenvalue weighted by atomic mass is 10.2. The molecule has 0 aliphatic carbocycles. The van der Waals surface area contributed by atoms with Gasteiger partial charge < -0.3 is 15.4 Å². The monoisotopic (exact) mass is 364 g/mol. The van der Waals surface area contributed by atoms with Crippen molar-refractivity contribution < 1.29 is 14.3 Å². The Hall–Kier alpha value is -2.22. The summed E-state index contributed by atoms with van der Waals surface area (Å²) in [5.41, 5.74) is 0.754. The number of thiophene rings is 1. The molecule has 8 heteroatoms. The number of nitrogens with one attached hydrogen (secondary N) is 2. The second kappa shape index (κ2) is 7.77. The molecule has 0 aliphatic heterocycles. The molecule has 0 radical (unpaired) electrons. The third kappa shape index (κ3) is 4.07. The fourth-order valence-electron chi connectivity index (χ4n) is 2.38. The van der Waals surface area contributed by atoms with Crippen LogP contribution in [0, 0.1) is 13.8 Å². The lowest BCUT2D eigenvalue weighted by Crippen LogP contribution is -2.42. The van der Waals surface area contributed by atoms with Gasteiger partial charge in [0.2, 0.25) is 5.91 Å². The standard InChI is InChI=1S/C17H24N4O3S/c1-7-8(2)18-15(22)10(4)19-14-12-9(3)13(17(23)24-6)25-16(12)21-11(5)20-14/h8,10H,7H2,1-6H3,(H,18,22)(H,19,20,21). The summed E-state index contributed by atoms with van der Waals surface area (Å²) in [5.74, 6) is 0.631. The van der Waals surface area contributed by atoms with Crippen LogP contribution in [0.2, 0.25) is 0 Å². The third-order valence-corrected chi connectivity index (χ3v) is 5.19. The average Bonchev–Trinajstić information content (AvgIpc) is 2.90. The number of aryl methyl sites for hydroxylation is 2. The number of amides is 1. The van der Waals surface area contributed by atoms with Gasteiger partial charge in [-0.25, -0.2) is 14.8 Å². The van der Waals surface area contributed by atoms with Gasteiger partial charge in [-0.2, -0.15) is 0 Å². The van der Waals surface area contributed by atoms with Crippen molar-refractivity contribution in [2.75, 3.05) is 12.4 Å². The van der Waals surface area contributed by atoms with E-state index in [1.54, 1.807) is 13.8 Å². The van der Waals surface area contributed by atoms with Crippen LogP contribution in [0.3, 0.4) is 0 Å². The van der Waals surface area contributed by atoms with E-state index < -0.39 is 12.0 Å². The molecular formula is C17H24N4O3S. The van der Waals surface area contributed by atoms with Gasteiger partial charge >= 0.3 is 5.97 Å². The predicted molar refractivity (Wildman–Crippen MR) is 99.2 cm³/mol. The van der Waals surface area contributed by atoms with Crippen LogP contribution in [0.15, 0.2) is 0 Å². The van der Waals surface area contributed by atoms with Gasteiger partial charge in [0.05, 0.1) is 12.5 Å². The first-order valence-corrected chi connectivity index (χ1v) is 9.03. The number of aromatic nitrogens is 2. The molecule has 1 amide bonds. The molecule has 2 heterocycles. The first-order chi connectivity index (χ1) is 11.8. The van der Waals surface area contributed by atoms with E-state index in [9.17, 15) is 9.59 Å².